The van der Waals surface area contributed by atoms with Gasteiger partial charge >= 0.3 is 0 Å². The first-order chi connectivity index (χ1) is 9.16. The summed E-state index contributed by atoms with van der Waals surface area (Å²) in [7, 11) is 0. The third-order valence-corrected chi connectivity index (χ3v) is 2.98. The lowest BCUT2D eigenvalue weighted by atomic mass is 10.1. The van der Waals surface area contributed by atoms with Gasteiger partial charge in [0, 0.05) is 13.1 Å². The standard InChI is InChI=1S/C13H16FN3O2/c14-10-4-2-1-3-9(10)5-6-15-13(19)11-7-17-12(18)8-16-11/h1-4,11,16H,5-8H2,(H,15,19)(H,17,18). The van der Waals surface area contributed by atoms with E-state index in [1.807, 2.05) is 0 Å². The summed E-state index contributed by atoms with van der Waals surface area (Å²) in [6.45, 7) is 0.793. The molecular weight excluding hydrogens is 249 g/mol. The Morgan fingerprint density at radius 2 is 2.21 bits per heavy atom. The summed E-state index contributed by atoms with van der Waals surface area (Å²) in [5, 5.41) is 8.16. The number of nitrogens with one attached hydrogen (secondary N) is 3. The molecule has 5 nitrogen and oxygen atoms in total. The number of amides is 2. The number of rotatable bonds is 4. The van der Waals surface area contributed by atoms with Gasteiger partial charge in [0.05, 0.1) is 6.54 Å². The lowest BCUT2D eigenvalue weighted by Crippen LogP contribution is -2.58. The molecule has 1 atom stereocenters. The van der Waals surface area contributed by atoms with Crippen molar-refractivity contribution in [2.45, 2.75) is 12.5 Å². The second-order valence-corrected chi connectivity index (χ2v) is 4.37. The van der Waals surface area contributed by atoms with Crippen molar-refractivity contribution in [3.8, 4) is 0 Å². The maximum atomic E-state index is 13.3. The van der Waals surface area contributed by atoms with Crippen LogP contribution in [-0.2, 0) is 16.0 Å². The molecule has 2 amide bonds. The van der Waals surface area contributed by atoms with E-state index in [1.54, 1.807) is 18.2 Å². The van der Waals surface area contributed by atoms with E-state index in [2.05, 4.69) is 16.0 Å². The van der Waals surface area contributed by atoms with Crippen LogP contribution in [0.4, 0.5) is 4.39 Å². The van der Waals surface area contributed by atoms with Crippen LogP contribution in [0.5, 0.6) is 0 Å². The van der Waals surface area contributed by atoms with Crippen molar-refractivity contribution < 1.29 is 14.0 Å². The SMILES string of the molecule is O=C1CNC(C(=O)NCCc2ccccc2F)CN1. The van der Waals surface area contributed by atoms with E-state index in [4.69, 9.17) is 0 Å². The fourth-order valence-electron chi connectivity index (χ4n) is 1.90. The van der Waals surface area contributed by atoms with Crippen molar-refractivity contribution in [2.75, 3.05) is 19.6 Å². The van der Waals surface area contributed by atoms with E-state index in [0.29, 0.717) is 18.5 Å². The monoisotopic (exact) mass is 265 g/mol. The third-order valence-electron chi connectivity index (χ3n) is 2.98. The molecule has 0 aliphatic carbocycles. The summed E-state index contributed by atoms with van der Waals surface area (Å²) >= 11 is 0. The van der Waals surface area contributed by atoms with Crippen LogP contribution in [0.2, 0.25) is 0 Å². The highest BCUT2D eigenvalue weighted by molar-refractivity contribution is 5.86. The molecule has 0 spiro atoms. The van der Waals surface area contributed by atoms with Gasteiger partial charge in [-0.15, -0.1) is 0 Å². The second-order valence-electron chi connectivity index (χ2n) is 4.37. The third kappa shape index (κ3) is 3.75. The average Bonchev–Trinajstić information content (AvgIpc) is 2.41. The fourth-order valence-corrected chi connectivity index (χ4v) is 1.90. The molecule has 1 aromatic carbocycles. The van der Waals surface area contributed by atoms with Gasteiger partial charge in [0.1, 0.15) is 11.9 Å². The quantitative estimate of drug-likeness (QED) is 0.692. The molecule has 3 N–H and O–H groups in total. The van der Waals surface area contributed by atoms with Gasteiger partial charge in [-0.3, -0.25) is 14.9 Å². The van der Waals surface area contributed by atoms with Crippen molar-refractivity contribution in [1.82, 2.24) is 16.0 Å². The van der Waals surface area contributed by atoms with Crippen LogP contribution in [0.1, 0.15) is 5.56 Å². The van der Waals surface area contributed by atoms with Gasteiger partial charge in [-0.25, -0.2) is 4.39 Å². The summed E-state index contributed by atoms with van der Waals surface area (Å²) in [4.78, 5) is 22.7. The predicted molar refractivity (Wildman–Crippen MR) is 67.9 cm³/mol. The van der Waals surface area contributed by atoms with Crippen LogP contribution >= 0.6 is 0 Å². The maximum Gasteiger partial charge on any atom is 0.238 e. The first kappa shape index (κ1) is 13.5. The van der Waals surface area contributed by atoms with Crippen molar-refractivity contribution >= 4 is 11.8 Å². The Hall–Kier alpha value is -1.95. The van der Waals surface area contributed by atoms with E-state index < -0.39 is 6.04 Å². The summed E-state index contributed by atoms with van der Waals surface area (Å²) in [5.41, 5.74) is 0.577. The van der Waals surface area contributed by atoms with E-state index in [-0.39, 0.29) is 30.7 Å². The highest BCUT2D eigenvalue weighted by atomic mass is 19.1. The number of carbonyl (C=O) groups is 2. The topological polar surface area (TPSA) is 70.2 Å². The van der Waals surface area contributed by atoms with Crippen molar-refractivity contribution in [3.63, 3.8) is 0 Å². The molecule has 19 heavy (non-hydrogen) atoms. The van der Waals surface area contributed by atoms with E-state index in [9.17, 15) is 14.0 Å². The molecule has 2 rings (SSSR count). The molecule has 1 unspecified atom stereocenters. The van der Waals surface area contributed by atoms with E-state index >= 15 is 0 Å². The van der Waals surface area contributed by atoms with Gasteiger partial charge in [-0.1, -0.05) is 18.2 Å². The van der Waals surface area contributed by atoms with Gasteiger partial charge < -0.3 is 10.6 Å². The highest BCUT2D eigenvalue weighted by Gasteiger charge is 2.23. The normalized spacial score (nSPS) is 18.8. The number of piperazine rings is 1. The molecule has 6 heteroatoms. The Bertz CT molecular complexity index is 469. The Morgan fingerprint density at radius 1 is 1.42 bits per heavy atom. The fraction of sp³-hybridized carbons (Fsp3) is 0.385. The first-order valence-corrected chi connectivity index (χ1v) is 6.18. The molecule has 1 heterocycles. The maximum absolute atomic E-state index is 13.3. The molecule has 102 valence electrons. The first-order valence-electron chi connectivity index (χ1n) is 6.18. The molecule has 1 aliphatic heterocycles. The molecule has 1 fully saturated rings. The number of carbonyl (C=O) groups excluding carboxylic acids is 2. The van der Waals surface area contributed by atoms with Crippen LogP contribution < -0.4 is 16.0 Å². The predicted octanol–water partition coefficient (Wildman–Crippen LogP) is -0.428. The van der Waals surface area contributed by atoms with E-state index in [1.165, 1.54) is 6.07 Å². The van der Waals surface area contributed by atoms with Crippen LogP contribution in [-0.4, -0.2) is 37.5 Å². The van der Waals surface area contributed by atoms with Crippen molar-refractivity contribution in [2.24, 2.45) is 0 Å². The molecular formula is C13H16FN3O2. The van der Waals surface area contributed by atoms with Crippen LogP contribution in [0, 0.1) is 5.82 Å². The highest BCUT2D eigenvalue weighted by Crippen LogP contribution is 2.06. The van der Waals surface area contributed by atoms with Crippen LogP contribution in [0.25, 0.3) is 0 Å². The van der Waals surface area contributed by atoms with Gasteiger partial charge in [0.15, 0.2) is 0 Å². The van der Waals surface area contributed by atoms with E-state index in [0.717, 1.165) is 0 Å². The van der Waals surface area contributed by atoms with Crippen LogP contribution in [0.15, 0.2) is 24.3 Å². The zero-order valence-corrected chi connectivity index (χ0v) is 10.4. The Kier molecular flexibility index (Phi) is 4.46. The van der Waals surface area contributed by atoms with Crippen molar-refractivity contribution in [3.05, 3.63) is 35.6 Å². The Balaban J connectivity index is 1.75. The largest absolute Gasteiger partial charge is 0.354 e. The minimum absolute atomic E-state index is 0.115. The summed E-state index contributed by atoms with van der Waals surface area (Å²) in [6.07, 6.45) is 0.442. The van der Waals surface area contributed by atoms with Crippen molar-refractivity contribution in [1.29, 1.82) is 0 Å². The number of benzene rings is 1. The minimum Gasteiger partial charge on any atom is -0.354 e. The molecule has 0 bridgehead atoms. The zero-order valence-electron chi connectivity index (χ0n) is 10.4. The van der Waals surface area contributed by atoms with Crippen LogP contribution in [0.3, 0.4) is 0 Å². The minimum atomic E-state index is -0.418. The Morgan fingerprint density at radius 3 is 2.89 bits per heavy atom. The lowest BCUT2D eigenvalue weighted by molar-refractivity contribution is -0.126. The summed E-state index contributed by atoms with van der Waals surface area (Å²) in [5.74, 6) is -0.563. The molecule has 0 saturated carbocycles. The molecule has 0 aromatic heterocycles. The zero-order chi connectivity index (χ0) is 13.7. The van der Waals surface area contributed by atoms with Gasteiger partial charge in [-0.2, -0.15) is 0 Å². The summed E-state index contributed by atoms with van der Waals surface area (Å²) < 4.78 is 13.3. The molecule has 1 aromatic rings. The smallest absolute Gasteiger partial charge is 0.238 e. The Labute approximate surface area is 110 Å². The number of hydrogen-bond donors (Lipinski definition) is 3. The number of hydrogen-bond acceptors (Lipinski definition) is 3. The second kappa shape index (κ2) is 6.29. The molecule has 1 saturated heterocycles. The van der Waals surface area contributed by atoms with Gasteiger partial charge in [0.2, 0.25) is 11.8 Å². The number of halogens is 1. The molecule has 1 aliphatic rings. The lowest BCUT2D eigenvalue weighted by Gasteiger charge is -2.23. The van der Waals surface area contributed by atoms with Gasteiger partial charge in [-0.05, 0) is 18.1 Å². The molecule has 0 radical (unpaired) electrons. The van der Waals surface area contributed by atoms with Gasteiger partial charge in [0.25, 0.3) is 0 Å². The average molecular weight is 265 g/mol. The summed E-state index contributed by atoms with van der Waals surface area (Å²) in [6, 6.07) is 6.07.